The Morgan fingerprint density at radius 2 is 1.45 bits per heavy atom. The third kappa shape index (κ3) is 10.4. The monoisotopic (exact) mass is 525 g/mol. The number of nitrogens with one attached hydrogen (secondary N) is 1. The van der Waals surface area contributed by atoms with Gasteiger partial charge in [-0.05, 0) is 23.8 Å². The van der Waals surface area contributed by atoms with Crippen LogP contribution in [0.2, 0.25) is 0 Å². The molecule has 1 atom stereocenters. The van der Waals surface area contributed by atoms with Crippen LogP contribution < -0.4 is 16.0 Å². The highest BCUT2D eigenvalue weighted by Gasteiger charge is 2.21. The summed E-state index contributed by atoms with van der Waals surface area (Å²) in [5, 5.41) is 13.9. The Bertz CT molecular complexity index is 1040. The number of fused-ring (bicyclic) bond motifs is 2. The molecule has 206 valence electrons. The maximum absolute atomic E-state index is 12.2. The van der Waals surface area contributed by atoms with Crippen molar-refractivity contribution in [1.29, 1.82) is 0 Å². The second-order valence-electron chi connectivity index (χ2n) is 8.66. The van der Waals surface area contributed by atoms with Crippen LogP contribution in [-0.2, 0) is 30.3 Å². The number of rotatable bonds is 18. The van der Waals surface area contributed by atoms with Gasteiger partial charge in [0.15, 0.2) is 0 Å². The first-order chi connectivity index (χ1) is 18.7. The van der Waals surface area contributed by atoms with Crippen LogP contribution in [0.5, 0.6) is 0 Å². The minimum absolute atomic E-state index is 0.118. The Kier molecular flexibility index (Phi) is 13.6. The van der Waals surface area contributed by atoms with Crippen molar-refractivity contribution in [1.82, 2.24) is 5.32 Å². The van der Waals surface area contributed by atoms with E-state index < -0.39 is 6.23 Å². The van der Waals surface area contributed by atoms with Gasteiger partial charge in [-0.25, -0.2) is 0 Å². The zero-order chi connectivity index (χ0) is 26.8. The third-order valence-electron chi connectivity index (χ3n) is 5.84. The lowest BCUT2D eigenvalue weighted by Crippen LogP contribution is -2.39. The molecule has 1 aliphatic rings. The van der Waals surface area contributed by atoms with E-state index in [0.717, 1.165) is 22.4 Å². The Morgan fingerprint density at radius 3 is 2.16 bits per heavy atom. The number of ether oxygens (including phenoxy) is 4. The van der Waals surface area contributed by atoms with Gasteiger partial charge in [0, 0.05) is 43.6 Å². The van der Waals surface area contributed by atoms with Crippen molar-refractivity contribution < 1.29 is 28.8 Å². The van der Waals surface area contributed by atoms with Gasteiger partial charge < -0.3 is 40.0 Å². The molecule has 0 bridgehead atoms. The second-order valence-corrected chi connectivity index (χ2v) is 8.66. The number of carbonyl (C=O) groups is 1. The summed E-state index contributed by atoms with van der Waals surface area (Å²) in [5.74, 6) is 6.35. The van der Waals surface area contributed by atoms with Gasteiger partial charge in [0.2, 0.25) is 5.91 Å². The van der Waals surface area contributed by atoms with Gasteiger partial charge in [0.1, 0.15) is 6.23 Å². The van der Waals surface area contributed by atoms with Gasteiger partial charge in [-0.3, -0.25) is 4.79 Å². The number of aliphatic hydroxyl groups excluding tert-OH is 1. The topological polar surface area (TPSA) is 116 Å². The van der Waals surface area contributed by atoms with E-state index in [1.165, 1.54) is 0 Å². The highest BCUT2D eigenvalue weighted by atomic mass is 16.6. The summed E-state index contributed by atoms with van der Waals surface area (Å²) >= 11 is 0. The van der Waals surface area contributed by atoms with E-state index in [-0.39, 0.29) is 12.3 Å². The molecule has 0 fully saturated rings. The standard InChI is InChI=1S/C29H39N3O6/c30-13-16-36-18-20-38-22-21-37-19-17-35-15-12-28(33)31-14-11-29(34)32-23-26-7-2-1-5-24(26)9-10-25-6-3-4-8-27(25)32/h1-8,29,34H,11-23,30H2,(H,31,33). The number of aliphatic hydroxyl groups is 1. The van der Waals surface area contributed by atoms with Crippen molar-refractivity contribution in [3.63, 3.8) is 0 Å². The number of anilines is 1. The predicted molar refractivity (Wildman–Crippen MR) is 146 cm³/mol. The molecule has 0 aliphatic carbocycles. The molecule has 1 aliphatic heterocycles. The average Bonchev–Trinajstić information content (AvgIpc) is 2.92. The Balaban J connectivity index is 1.29. The van der Waals surface area contributed by atoms with E-state index in [2.05, 4.69) is 17.2 Å². The van der Waals surface area contributed by atoms with Gasteiger partial charge >= 0.3 is 0 Å². The van der Waals surface area contributed by atoms with Gasteiger partial charge in [0.05, 0.1) is 58.5 Å². The predicted octanol–water partition coefficient (Wildman–Crippen LogP) is 1.65. The first kappa shape index (κ1) is 29.6. The SMILES string of the molecule is NCCOCCOCCOCCOCCC(=O)NCCC(O)N1Cc2ccccc2C#Cc2ccccc21. The Labute approximate surface area is 225 Å². The fraction of sp³-hybridized carbons (Fsp3) is 0.483. The summed E-state index contributed by atoms with van der Waals surface area (Å²) in [6, 6.07) is 15.8. The van der Waals surface area contributed by atoms with Gasteiger partial charge in [-0.2, -0.15) is 0 Å². The number of nitrogens with two attached hydrogens (primary N) is 1. The lowest BCUT2D eigenvalue weighted by Gasteiger charge is -2.32. The van der Waals surface area contributed by atoms with Crippen molar-refractivity contribution in [2.45, 2.75) is 25.6 Å². The maximum Gasteiger partial charge on any atom is 0.222 e. The van der Waals surface area contributed by atoms with Gasteiger partial charge in [-0.15, -0.1) is 0 Å². The molecule has 9 nitrogen and oxygen atoms in total. The zero-order valence-electron chi connectivity index (χ0n) is 21.9. The van der Waals surface area contributed by atoms with Crippen molar-refractivity contribution in [3.8, 4) is 11.8 Å². The van der Waals surface area contributed by atoms with E-state index in [0.29, 0.717) is 78.9 Å². The van der Waals surface area contributed by atoms with Crippen molar-refractivity contribution in [3.05, 3.63) is 65.2 Å². The lowest BCUT2D eigenvalue weighted by molar-refractivity contribution is -0.122. The fourth-order valence-corrected chi connectivity index (χ4v) is 3.87. The summed E-state index contributed by atoms with van der Waals surface area (Å²) in [7, 11) is 0. The van der Waals surface area contributed by atoms with Crippen LogP contribution in [0.1, 0.15) is 29.5 Å². The van der Waals surface area contributed by atoms with E-state index in [1.807, 2.05) is 53.4 Å². The number of carbonyl (C=O) groups excluding carboxylic acids is 1. The Hall–Kier alpha value is -2.97. The number of hydrogen-bond acceptors (Lipinski definition) is 8. The fourth-order valence-electron chi connectivity index (χ4n) is 3.87. The largest absolute Gasteiger partial charge is 0.379 e. The van der Waals surface area contributed by atoms with Crippen LogP contribution in [-0.4, -0.2) is 83.2 Å². The second kappa shape index (κ2) is 17.5. The summed E-state index contributed by atoms with van der Waals surface area (Å²) in [6.07, 6.45) is -0.149. The number of amides is 1. The molecule has 1 unspecified atom stereocenters. The molecule has 3 rings (SSSR count). The highest BCUT2D eigenvalue weighted by molar-refractivity contribution is 5.75. The summed E-state index contributed by atoms with van der Waals surface area (Å²) in [5.41, 5.74) is 9.09. The van der Waals surface area contributed by atoms with E-state index >= 15 is 0 Å². The normalized spacial score (nSPS) is 12.9. The first-order valence-electron chi connectivity index (χ1n) is 13.1. The molecule has 0 saturated carbocycles. The summed E-state index contributed by atoms with van der Waals surface area (Å²) < 4.78 is 21.5. The van der Waals surface area contributed by atoms with Crippen LogP contribution in [0, 0.1) is 11.8 Å². The molecule has 9 heteroatoms. The van der Waals surface area contributed by atoms with E-state index in [4.69, 9.17) is 24.7 Å². The number of para-hydroxylation sites is 1. The molecule has 0 saturated heterocycles. The van der Waals surface area contributed by atoms with Crippen LogP contribution >= 0.6 is 0 Å². The Morgan fingerprint density at radius 1 is 0.868 bits per heavy atom. The van der Waals surface area contributed by atoms with Crippen LogP contribution in [0.3, 0.4) is 0 Å². The molecule has 4 N–H and O–H groups in total. The molecular formula is C29H39N3O6. The number of nitrogens with zero attached hydrogens (tertiary/aromatic N) is 1. The third-order valence-corrected chi connectivity index (χ3v) is 5.84. The van der Waals surface area contributed by atoms with Gasteiger partial charge in [0.25, 0.3) is 0 Å². The average molecular weight is 526 g/mol. The minimum atomic E-state index is -0.778. The molecule has 1 amide bonds. The molecule has 0 aromatic heterocycles. The molecule has 0 spiro atoms. The molecule has 2 aromatic carbocycles. The van der Waals surface area contributed by atoms with E-state index in [9.17, 15) is 9.90 Å². The van der Waals surface area contributed by atoms with Crippen molar-refractivity contribution in [2.75, 3.05) is 70.8 Å². The zero-order valence-corrected chi connectivity index (χ0v) is 21.9. The van der Waals surface area contributed by atoms with Gasteiger partial charge in [-0.1, -0.05) is 42.2 Å². The molecule has 1 heterocycles. The first-order valence-corrected chi connectivity index (χ1v) is 13.1. The molecule has 2 aromatic rings. The van der Waals surface area contributed by atoms with Crippen LogP contribution in [0.15, 0.2) is 48.5 Å². The molecule has 38 heavy (non-hydrogen) atoms. The van der Waals surface area contributed by atoms with Crippen LogP contribution in [0.25, 0.3) is 0 Å². The maximum atomic E-state index is 12.2. The van der Waals surface area contributed by atoms with E-state index in [1.54, 1.807) is 0 Å². The molecule has 0 radical (unpaired) electrons. The smallest absolute Gasteiger partial charge is 0.222 e. The molecular weight excluding hydrogens is 486 g/mol. The van der Waals surface area contributed by atoms with Crippen molar-refractivity contribution >= 4 is 11.6 Å². The number of benzene rings is 2. The number of hydrogen-bond donors (Lipinski definition) is 3. The van der Waals surface area contributed by atoms with Crippen molar-refractivity contribution in [2.24, 2.45) is 5.73 Å². The quantitative estimate of drug-likeness (QED) is 0.199. The summed E-state index contributed by atoms with van der Waals surface area (Å²) in [4.78, 5) is 14.1. The highest BCUT2D eigenvalue weighted by Crippen LogP contribution is 2.27. The minimum Gasteiger partial charge on any atom is -0.379 e. The summed E-state index contributed by atoms with van der Waals surface area (Å²) in [6.45, 7) is 5.08. The van der Waals surface area contributed by atoms with Crippen LogP contribution in [0.4, 0.5) is 5.69 Å². The lowest BCUT2D eigenvalue weighted by atomic mass is 10.0.